The Labute approximate surface area is 177 Å². The van der Waals surface area contributed by atoms with Crippen molar-refractivity contribution in [1.82, 2.24) is 20.4 Å². The topological polar surface area (TPSA) is 81.8 Å². The summed E-state index contributed by atoms with van der Waals surface area (Å²) >= 11 is 0. The number of nitrogens with one attached hydrogen (secondary N) is 2. The first-order valence-corrected chi connectivity index (χ1v) is 9.66. The minimum absolute atomic E-state index is 0.100. The van der Waals surface area contributed by atoms with Gasteiger partial charge in [-0.2, -0.15) is 0 Å². The van der Waals surface area contributed by atoms with Gasteiger partial charge in [-0.25, -0.2) is 13.6 Å². The molecule has 4 rings (SSSR count). The van der Waals surface area contributed by atoms with Crippen LogP contribution in [0.25, 0.3) is 0 Å². The Balaban J connectivity index is 1.48. The van der Waals surface area contributed by atoms with Gasteiger partial charge in [0.05, 0.1) is 23.9 Å². The summed E-state index contributed by atoms with van der Waals surface area (Å²) in [4.78, 5) is 40.5. The van der Waals surface area contributed by atoms with Gasteiger partial charge in [-0.3, -0.25) is 14.5 Å². The van der Waals surface area contributed by atoms with Gasteiger partial charge in [0.15, 0.2) is 0 Å². The van der Waals surface area contributed by atoms with E-state index in [4.69, 9.17) is 0 Å². The van der Waals surface area contributed by atoms with Gasteiger partial charge in [0.2, 0.25) is 5.91 Å². The predicted octanol–water partition coefficient (Wildman–Crippen LogP) is 2.07. The molecule has 0 unspecified atom stereocenters. The van der Waals surface area contributed by atoms with Crippen molar-refractivity contribution < 1.29 is 23.2 Å². The number of halogens is 2. The molecule has 2 aromatic carbocycles. The third-order valence-corrected chi connectivity index (χ3v) is 5.35. The maximum absolute atomic E-state index is 13.3. The highest BCUT2D eigenvalue weighted by Crippen LogP contribution is 2.35. The van der Waals surface area contributed by atoms with E-state index in [1.54, 1.807) is 19.2 Å². The summed E-state index contributed by atoms with van der Waals surface area (Å²) in [5, 5.41) is 5.42. The fourth-order valence-corrected chi connectivity index (χ4v) is 3.73. The van der Waals surface area contributed by atoms with E-state index in [-0.39, 0.29) is 25.5 Å². The van der Waals surface area contributed by atoms with E-state index in [0.717, 1.165) is 0 Å². The molecule has 0 aliphatic carbocycles. The smallest absolute Gasteiger partial charge is 0.322 e. The fraction of sp³-hybridized carbons (Fsp3) is 0.227. The minimum Gasteiger partial charge on any atom is -0.350 e. The number of rotatable bonds is 5. The number of urea groups is 1. The summed E-state index contributed by atoms with van der Waals surface area (Å²) in [5.74, 6) is -1.60. The number of nitrogens with zero attached hydrogens (tertiary/aromatic N) is 2. The normalized spacial score (nSPS) is 18.2. The SMILES string of the molecule is CN1C(=O)N[C@@H](c2ccc(F)cc2)C2=C1CN(CC(=O)NCc1cccc(F)c1)C2=O. The van der Waals surface area contributed by atoms with Gasteiger partial charge in [0.25, 0.3) is 5.91 Å². The zero-order chi connectivity index (χ0) is 22.1. The molecule has 7 nitrogen and oxygen atoms in total. The summed E-state index contributed by atoms with van der Waals surface area (Å²) < 4.78 is 26.6. The Morgan fingerprint density at radius 3 is 2.58 bits per heavy atom. The molecule has 4 amide bonds. The maximum Gasteiger partial charge on any atom is 0.322 e. The van der Waals surface area contributed by atoms with Gasteiger partial charge in [0, 0.05) is 13.6 Å². The molecule has 0 fully saturated rings. The third kappa shape index (κ3) is 4.11. The van der Waals surface area contributed by atoms with Gasteiger partial charge in [-0.1, -0.05) is 24.3 Å². The molecule has 0 bridgehead atoms. The fourth-order valence-electron chi connectivity index (χ4n) is 3.73. The van der Waals surface area contributed by atoms with Crippen LogP contribution in [0.3, 0.4) is 0 Å². The standard InChI is InChI=1S/C22H20F2N4O3/c1-27-17-11-28(12-18(29)25-10-13-3-2-4-16(24)9-13)21(30)19(17)20(26-22(27)31)14-5-7-15(23)8-6-14/h2-9,20H,10-12H2,1H3,(H,25,29)(H,26,31)/t20-/m0/s1. The van der Waals surface area contributed by atoms with Crippen LogP contribution in [0.15, 0.2) is 59.8 Å². The van der Waals surface area contributed by atoms with E-state index < -0.39 is 29.6 Å². The first kappa shape index (κ1) is 20.5. The molecule has 1 atom stereocenters. The van der Waals surface area contributed by atoms with E-state index in [0.29, 0.717) is 22.4 Å². The molecular formula is C22H20F2N4O3. The first-order chi connectivity index (χ1) is 14.8. The molecule has 2 aliphatic heterocycles. The van der Waals surface area contributed by atoms with Crippen molar-refractivity contribution in [2.75, 3.05) is 20.1 Å². The highest BCUT2D eigenvalue weighted by Gasteiger charge is 2.43. The summed E-state index contributed by atoms with van der Waals surface area (Å²) in [6.07, 6.45) is 0. The van der Waals surface area contributed by atoms with E-state index >= 15 is 0 Å². The van der Waals surface area contributed by atoms with Crippen LogP contribution in [-0.2, 0) is 16.1 Å². The van der Waals surface area contributed by atoms with Crippen molar-refractivity contribution in [3.63, 3.8) is 0 Å². The number of hydrogen-bond acceptors (Lipinski definition) is 3. The molecule has 0 aromatic heterocycles. The zero-order valence-corrected chi connectivity index (χ0v) is 16.7. The van der Waals surface area contributed by atoms with Gasteiger partial charge in [-0.05, 0) is 35.4 Å². The Morgan fingerprint density at radius 1 is 1.13 bits per heavy atom. The van der Waals surface area contributed by atoms with Crippen LogP contribution in [0.2, 0.25) is 0 Å². The maximum atomic E-state index is 13.3. The number of amides is 4. The van der Waals surface area contributed by atoms with Crippen molar-refractivity contribution in [3.8, 4) is 0 Å². The molecule has 0 radical (unpaired) electrons. The Kier molecular flexibility index (Phi) is 5.41. The van der Waals surface area contributed by atoms with Crippen molar-refractivity contribution in [1.29, 1.82) is 0 Å². The summed E-state index contributed by atoms with van der Waals surface area (Å²) in [6, 6.07) is 10.3. The number of carbonyl (C=O) groups excluding carboxylic acids is 3. The van der Waals surface area contributed by atoms with Crippen molar-refractivity contribution in [3.05, 3.63) is 82.6 Å². The predicted molar refractivity (Wildman–Crippen MR) is 107 cm³/mol. The lowest BCUT2D eigenvalue weighted by Crippen LogP contribution is -2.45. The van der Waals surface area contributed by atoms with Gasteiger partial charge < -0.3 is 15.5 Å². The molecule has 0 saturated carbocycles. The van der Waals surface area contributed by atoms with Crippen molar-refractivity contribution in [2.45, 2.75) is 12.6 Å². The molecule has 31 heavy (non-hydrogen) atoms. The Hall–Kier alpha value is -3.75. The average Bonchev–Trinajstić information content (AvgIpc) is 3.06. The lowest BCUT2D eigenvalue weighted by molar-refractivity contribution is -0.132. The van der Waals surface area contributed by atoms with E-state index in [1.807, 2.05) is 0 Å². The van der Waals surface area contributed by atoms with Gasteiger partial charge >= 0.3 is 6.03 Å². The molecule has 160 valence electrons. The summed E-state index contributed by atoms with van der Waals surface area (Å²) in [7, 11) is 1.55. The van der Waals surface area contributed by atoms with Crippen molar-refractivity contribution in [2.24, 2.45) is 0 Å². The largest absolute Gasteiger partial charge is 0.350 e. The van der Waals surface area contributed by atoms with Crippen LogP contribution in [-0.4, -0.2) is 47.8 Å². The lowest BCUT2D eigenvalue weighted by atomic mass is 9.96. The van der Waals surface area contributed by atoms with Gasteiger partial charge in [0.1, 0.15) is 18.2 Å². The molecule has 0 spiro atoms. The molecule has 0 saturated heterocycles. The number of carbonyl (C=O) groups is 3. The third-order valence-electron chi connectivity index (χ3n) is 5.35. The van der Waals surface area contributed by atoms with E-state index in [1.165, 1.54) is 46.2 Å². The first-order valence-electron chi connectivity index (χ1n) is 9.66. The van der Waals surface area contributed by atoms with Crippen LogP contribution in [0.1, 0.15) is 17.2 Å². The van der Waals surface area contributed by atoms with Crippen LogP contribution < -0.4 is 10.6 Å². The second kappa shape index (κ2) is 8.17. The number of hydrogen-bond donors (Lipinski definition) is 2. The molecule has 2 N–H and O–H groups in total. The van der Waals surface area contributed by atoms with Crippen molar-refractivity contribution >= 4 is 17.8 Å². The molecule has 2 aromatic rings. The number of likely N-dealkylation sites (N-methyl/N-ethyl adjacent to an activating group) is 1. The zero-order valence-electron chi connectivity index (χ0n) is 16.7. The Morgan fingerprint density at radius 2 is 1.87 bits per heavy atom. The highest BCUT2D eigenvalue weighted by molar-refractivity contribution is 6.02. The second-order valence-corrected chi connectivity index (χ2v) is 7.42. The Bertz CT molecular complexity index is 1080. The molecular weight excluding hydrogens is 406 g/mol. The second-order valence-electron chi connectivity index (χ2n) is 7.42. The summed E-state index contributed by atoms with van der Waals surface area (Å²) in [5.41, 5.74) is 2.03. The van der Waals surface area contributed by atoms with Crippen LogP contribution in [0.5, 0.6) is 0 Å². The van der Waals surface area contributed by atoms with Crippen LogP contribution in [0, 0.1) is 11.6 Å². The summed E-state index contributed by atoms with van der Waals surface area (Å²) in [6.45, 7) is 0.0202. The molecule has 2 heterocycles. The molecule has 2 aliphatic rings. The average molecular weight is 426 g/mol. The lowest BCUT2D eigenvalue weighted by Gasteiger charge is -2.31. The molecule has 9 heteroatoms. The number of benzene rings is 2. The van der Waals surface area contributed by atoms with E-state index in [9.17, 15) is 23.2 Å². The highest BCUT2D eigenvalue weighted by atomic mass is 19.1. The van der Waals surface area contributed by atoms with Crippen LogP contribution in [0.4, 0.5) is 13.6 Å². The monoisotopic (exact) mass is 426 g/mol. The quantitative estimate of drug-likeness (QED) is 0.768. The van der Waals surface area contributed by atoms with Crippen LogP contribution >= 0.6 is 0 Å². The minimum atomic E-state index is -0.729. The van der Waals surface area contributed by atoms with Gasteiger partial charge in [-0.15, -0.1) is 0 Å². The van der Waals surface area contributed by atoms with E-state index in [2.05, 4.69) is 10.6 Å².